The lowest BCUT2D eigenvalue weighted by Crippen LogP contribution is -2.17. The van der Waals surface area contributed by atoms with Crippen molar-refractivity contribution in [1.82, 2.24) is 4.90 Å². The predicted molar refractivity (Wildman–Crippen MR) is 122 cm³/mol. The van der Waals surface area contributed by atoms with Crippen molar-refractivity contribution in [2.45, 2.75) is 57.6 Å². The number of nitrogens with two attached hydrogens (primary N) is 1. The smallest absolute Gasteiger partial charge is 0.387 e. The van der Waals surface area contributed by atoms with Gasteiger partial charge in [-0.05, 0) is 73.0 Å². The lowest BCUT2D eigenvalue weighted by atomic mass is 9.90. The van der Waals surface area contributed by atoms with Crippen molar-refractivity contribution in [3.05, 3.63) is 58.7 Å². The highest BCUT2D eigenvalue weighted by molar-refractivity contribution is 7.91. The van der Waals surface area contributed by atoms with Crippen LogP contribution in [0.3, 0.4) is 0 Å². The van der Waals surface area contributed by atoms with E-state index in [0.717, 1.165) is 5.56 Å². The number of ether oxygens (including phenoxy) is 1. The Morgan fingerprint density at radius 3 is 2.31 bits per heavy atom. The van der Waals surface area contributed by atoms with E-state index in [2.05, 4.69) is 9.10 Å². The Hall–Kier alpha value is -2.36. The van der Waals surface area contributed by atoms with E-state index in [0.29, 0.717) is 29.7 Å². The zero-order chi connectivity index (χ0) is 24.1. The molecule has 0 aliphatic carbocycles. The van der Waals surface area contributed by atoms with Gasteiger partial charge in [-0.3, -0.25) is 4.79 Å². The third-order valence-electron chi connectivity index (χ3n) is 4.90. The number of halogens is 2. The molecule has 2 aromatic rings. The molecule has 0 spiro atoms. The second-order valence-electron chi connectivity index (χ2n) is 8.15. The van der Waals surface area contributed by atoms with Gasteiger partial charge in [-0.25, -0.2) is 9.35 Å². The fourth-order valence-corrected chi connectivity index (χ4v) is 4.48. The number of carbonyl (C=O) groups excluding carboxylic acids is 1. The summed E-state index contributed by atoms with van der Waals surface area (Å²) >= 11 is 0. The molecule has 176 valence electrons. The Morgan fingerprint density at radius 2 is 1.81 bits per heavy atom. The van der Waals surface area contributed by atoms with Gasteiger partial charge < -0.3 is 9.64 Å². The van der Waals surface area contributed by atoms with E-state index in [4.69, 9.17) is 5.14 Å². The van der Waals surface area contributed by atoms with Crippen LogP contribution in [0.15, 0.2) is 45.7 Å². The van der Waals surface area contributed by atoms with Crippen LogP contribution in [-0.2, 0) is 34.1 Å². The first kappa shape index (κ1) is 25.9. The number of rotatable bonds is 9. The number of nitrogens with zero attached hydrogens (tertiary/aromatic N) is 2. The Morgan fingerprint density at radius 1 is 1.19 bits per heavy atom. The average Bonchev–Trinajstić information content (AvgIpc) is 2.67. The molecular weight excluding hydrogens is 436 g/mol. The maximum Gasteiger partial charge on any atom is 0.387 e. The number of amides is 1. The van der Waals surface area contributed by atoms with E-state index in [1.807, 2.05) is 39.8 Å². The molecule has 1 atom stereocenters. The minimum absolute atomic E-state index is 0.0456. The summed E-state index contributed by atoms with van der Waals surface area (Å²) in [6.07, 6.45) is 0.382. The summed E-state index contributed by atoms with van der Waals surface area (Å²) in [5.74, 6) is -0.626. The monoisotopic (exact) mass is 467 g/mol. The van der Waals surface area contributed by atoms with Crippen LogP contribution in [0.4, 0.5) is 8.78 Å². The lowest BCUT2D eigenvalue weighted by molar-refractivity contribution is -0.117. The van der Waals surface area contributed by atoms with E-state index in [1.54, 1.807) is 24.3 Å². The second-order valence-corrected chi connectivity index (χ2v) is 9.94. The number of alkyl halides is 2. The summed E-state index contributed by atoms with van der Waals surface area (Å²) in [5, 5.41) is 5.92. The molecule has 2 aromatic carbocycles. The molecule has 2 rings (SSSR count). The van der Waals surface area contributed by atoms with Crippen LogP contribution in [0.5, 0.6) is 5.75 Å². The normalized spacial score (nSPS) is 13.5. The van der Waals surface area contributed by atoms with Crippen LogP contribution in [0.1, 0.15) is 48.9 Å². The SMILES string of the molecule is CCc1cc(OC(F)F)cc(C(C)C)c1CC(=O)N=S(N)(=O)c1ccc(CN(C)C)cc1. The fraction of sp³-hybridized carbons (Fsp3) is 0.435. The van der Waals surface area contributed by atoms with Crippen molar-refractivity contribution in [3.8, 4) is 5.75 Å². The van der Waals surface area contributed by atoms with Gasteiger partial charge in [0.25, 0.3) is 5.91 Å². The topological polar surface area (TPSA) is 85.0 Å². The molecule has 0 saturated carbocycles. The lowest BCUT2D eigenvalue weighted by Gasteiger charge is -2.18. The zero-order valence-corrected chi connectivity index (χ0v) is 19.9. The van der Waals surface area contributed by atoms with Crippen molar-refractivity contribution in [3.63, 3.8) is 0 Å². The first-order valence-electron chi connectivity index (χ1n) is 10.3. The molecule has 6 nitrogen and oxygen atoms in total. The van der Waals surface area contributed by atoms with E-state index < -0.39 is 22.4 Å². The number of benzene rings is 2. The van der Waals surface area contributed by atoms with Crippen LogP contribution < -0.4 is 9.88 Å². The molecule has 32 heavy (non-hydrogen) atoms. The van der Waals surface area contributed by atoms with Gasteiger partial charge >= 0.3 is 6.61 Å². The predicted octanol–water partition coefficient (Wildman–Crippen LogP) is 4.51. The molecule has 0 fully saturated rings. The maximum absolute atomic E-state index is 12.9. The third-order valence-corrected chi connectivity index (χ3v) is 6.33. The van der Waals surface area contributed by atoms with Crippen molar-refractivity contribution >= 4 is 15.8 Å². The largest absolute Gasteiger partial charge is 0.435 e. The van der Waals surface area contributed by atoms with E-state index >= 15 is 0 Å². The molecule has 0 aliphatic heterocycles. The van der Waals surface area contributed by atoms with Crippen LogP contribution in [-0.4, -0.2) is 35.7 Å². The van der Waals surface area contributed by atoms with Crippen molar-refractivity contribution in [2.75, 3.05) is 14.1 Å². The molecule has 1 unspecified atom stereocenters. The first-order chi connectivity index (χ1) is 14.9. The van der Waals surface area contributed by atoms with Crippen molar-refractivity contribution in [1.29, 1.82) is 0 Å². The Bertz CT molecular complexity index is 1060. The van der Waals surface area contributed by atoms with Gasteiger partial charge in [0.1, 0.15) is 15.7 Å². The van der Waals surface area contributed by atoms with Crippen molar-refractivity contribution < 1.29 is 22.5 Å². The Labute approximate surface area is 189 Å². The number of carbonyl (C=O) groups is 1. The first-order valence-corrected chi connectivity index (χ1v) is 11.9. The molecule has 0 aromatic heterocycles. The number of hydrogen-bond acceptors (Lipinski definition) is 4. The minimum atomic E-state index is -3.41. The van der Waals surface area contributed by atoms with Gasteiger partial charge in [-0.1, -0.05) is 32.9 Å². The summed E-state index contributed by atoms with van der Waals surface area (Å²) in [4.78, 5) is 15.0. The second kappa shape index (κ2) is 11.0. The quantitative estimate of drug-likeness (QED) is 0.588. The fourth-order valence-electron chi connectivity index (χ4n) is 3.49. The summed E-state index contributed by atoms with van der Waals surface area (Å²) in [5.41, 5.74) is 3.10. The molecule has 0 bridgehead atoms. The summed E-state index contributed by atoms with van der Waals surface area (Å²) in [7, 11) is 0.468. The average molecular weight is 468 g/mol. The molecule has 0 heterocycles. The third kappa shape index (κ3) is 7.08. The maximum atomic E-state index is 12.9. The summed E-state index contributed by atoms with van der Waals surface area (Å²) in [6.45, 7) is 3.43. The standard InChI is InChI=1S/C23H31F2N3O3S/c1-6-17-11-18(31-23(24)25)12-20(15(2)3)21(17)13-22(29)27-32(26,30)19-9-7-16(8-10-19)14-28(4)5/h7-12,15,23H,6,13-14H2,1-5H3,(H2,26,27,29,30). The summed E-state index contributed by atoms with van der Waals surface area (Å²) < 4.78 is 46.7. The van der Waals surface area contributed by atoms with E-state index in [-0.39, 0.29) is 23.0 Å². The van der Waals surface area contributed by atoms with Crippen LogP contribution in [0, 0.1) is 0 Å². The van der Waals surface area contributed by atoms with Gasteiger partial charge in [0.2, 0.25) is 0 Å². The van der Waals surface area contributed by atoms with Gasteiger partial charge in [0, 0.05) is 6.54 Å². The molecule has 9 heteroatoms. The van der Waals surface area contributed by atoms with E-state index in [1.165, 1.54) is 12.1 Å². The zero-order valence-electron chi connectivity index (χ0n) is 19.1. The Balaban J connectivity index is 2.36. The molecular formula is C23H31F2N3O3S. The molecule has 2 N–H and O–H groups in total. The van der Waals surface area contributed by atoms with Gasteiger partial charge in [0.05, 0.1) is 11.3 Å². The van der Waals surface area contributed by atoms with Gasteiger partial charge in [-0.15, -0.1) is 4.36 Å². The van der Waals surface area contributed by atoms with Crippen LogP contribution in [0.2, 0.25) is 0 Å². The minimum Gasteiger partial charge on any atom is -0.435 e. The highest BCUT2D eigenvalue weighted by atomic mass is 32.2. The highest BCUT2D eigenvalue weighted by Gasteiger charge is 2.19. The van der Waals surface area contributed by atoms with E-state index in [9.17, 15) is 17.8 Å². The van der Waals surface area contributed by atoms with Gasteiger partial charge in [0.15, 0.2) is 0 Å². The van der Waals surface area contributed by atoms with Crippen LogP contribution in [0.25, 0.3) is 0 Å². The molecule has 0 aliphatic rings. The number of hydrogen-bond donors (Lipinski definition) is 1. The Kier molecular flexibility index (Phi) is 8.89. The van der Waals surface area contributed by atoms with Crippen LogP contribution >= 0.6 is 0 Å². The number of aryl methyl sites for hydroxylation is 1. The molecule has 1 amide bonds. The summed E-state index contributed by atoms with van der Waals surface area (Å²) in [6, 6.07) is 9.85. The molecule has 0 radical (unpaired) electrons. The highest BCUT2D eigenvalue weighted by Crippen LogP contribution is 2.30. The molecule has 0 saturated heterocycles. The van der Waals surface area contributed by atoms with Crippen molar-refractivity contribution in [2.24, 2.45) is 9.50 Å². The van der Waals surface area contributed by atoms with Gasteiger partial charge in [-0.2, -0.15) is 8.78 Å².